The molecular formula is C13H16ClN3O. The van der Waals surface area contributed by atoms with Gasteiger partial charge in [-0.25, -0.2) is 0 Å². The minimum Gasteiger partial charge on any atom is -0.383 e. The lowest BCUT2D eigenvalue weighted by atomic mass is 10.1. The number of aromatic amines is 1. The van der Waals surface area contributed by atoms with E-state index in [1.807, 2.05) is 30.5 Å². The molecule has 0 saturated heterocycles. The summed E-state index contributed by atoms with van der Waals surface area (Å²) in [6.45, 7) is 2.27. The Bertz CT molecular complexity index is 498. The summed E-state index contributed by atoms with van der Waals surface area (Å²) in [5.41, 5.74) is 3.17. The first-order chi connectivity index (χ1) is 8.81. The molecule has 18 heavy (non-hydrogen) atoms. The van der Waals surface area contributed by atoms with Gasteiger partial charge < -0.3 is 10.1 Å². The van der Waals surface area contributed by atoms with Gasteiger partial charge in [0, 0.05) is 36.3 Å². The summed E-state index contributed by atoms with van der Waals surface area (Å²) >= 11 is 5.99. The van der Waals surface area contributed by atoms with Crippen LogP contribution < -0.4 is 5.32 Å². The van der Waals surface area contributed by atoms with Crippen molar-refractivity contribution in [3.8, 4) is 11.3 Å². The molecule has 2 N–H and O–H groups in total. The van der Waals surface area contributed by atoms with Gasteiger partial charge in [0.05, 0.1) is 18.5 Å². The standard InChI is InChI=1S/C13H16ClN3O/c1-18-6-5-15-8-11-9-16-17-13(11)10-3-2-4-12(14)7-10/h2-4,7,9,15H,5-6,8H2,1H3,(H,16,17). The predicted molar refractivity (Wildman–Crippen MR) is 72.6 cm³/mol. The Labute approximate surface area is 111 Å². The highest BCUT2D eigenvalue weighted by Gasteiger charge is 2.07. The molecule has 0 atom stereocenters. The van der Waals surface area contributed by atoms with Gasteiger partial charge in [0.25, 0.3) is 0 Å². The van der Waals surface area contributed by atoms with Crippen LogP contribution in [0.25, 0.3) is 11.3 Å². The van der Waals surface area contributed by atoms with Gasteiger partial charge in [-0.2, -0.15) is 5.10 Å². The zero-order chi connectivity index (χ0) is 12.8. The van der Waals surface area contributed by atoms with Gasteiger partial charge in [0.1, 0.15) is 0 Å². The fourth-order valence-corrected chi connectivity index (χ4v) is 1.93. The van der Waals surface area contributed by atoms with Gasteiger partial charge in [0.15, 0.2) is 0 Å². The fourth-order valence-electron chi connectivity index (χ4n) is 1.74. The second-order valence-corrected chi connectivity index (χ2v) is 4.39. The van der Waals surface area contributed by atoms with E-state index in [1.54, 1.807) is 7.11 Å². The summed E-state index contributed by atoms with van der Waals surface area (Å²) in [6, 6.07) is 7.73. The summed E-state index contributed by atoms with van der Waals surface area (Å²) in [5, 5.41) is 11.1. The minimum absolute atomic E-state index is 0.699. The van der Waals surface area contributed by atoms with Crippen LogP contribution >= 0.6 is 11.6 Å². The smallest absolute Gasteiger partial charge is 0.0695 e. The Morgan fingerprint density at radius 1 is 1.44 bits per heavy atom. The maximum absolute atomic E-state index is 5.99. The van der Waals surface area contributed by atoms with Crippen LogP contribution in [-0.4, -0.2) is 30.5 Å². The van der Waals surface area contributed by atoms with Crippen molar-refractivity contribution >= 4 is 11.6 Å². The average molecular weight is 266 g/mol. The molecule has 2 aromatic rings. The third kappa shape index (κ3) is 3.32. The van der Waals surface area contributed by atoms with Gasteiger partial charge in [-0.05, 0) is 12.1 Å². The van der Waals surface area contributed by atoms with E-state index in [9.17, 15) is 0 Å². The van der Waals surface area contributed by atoms with E-state index in [0.717, 1.165) is 34.9 Å². The van der Waals surface area contributed by atoms with E-state index < -0.39 is 0 Å². The van der Waals surface area contributed by atoms with Crippen LogP contribution in [-0.2, 0) is 11.3 Å². The van der Waals surface area contributed by atoms with Crippen molar-refractivity contribution in [1.29, 1.82) is 0 Å². The van der Waals surface area contributed by atoms with Crippen molar-refractivity contribution in [2.75, 3.05) is 20.3 Å². The van der Waals surface area contributed by atoms with E-state index in [-0.39, 0.29) is 0 Å². The lowest BCUT2D eigenvalue weighted by molar-refractivity contribution is 0.199. The number of nitrogens with one attached hydrogen (secondary N) is 2. The number of benzene rings is 1. The molecule has 1 aromatic carbocycles. The van der Waals surface area contributed by atoms with Crippen LogP contribution in [0.5, 0.6) is 0 Å². The molecule has 96 valence electrons. The summed E-state index contributed by atoms with van der Waals surface area (Å²) in [5.74, 6) is 0. The Kier molecular flexibility index (Phi) is 4.75. The number of ether oxygens (including phenoxy) is 1. The fraction of sp³-hybridized carbons (Fsp3) is 0.308. The number of halogens is 1. The van der Waals surface area contributed by atoms with Gasteiger partial charge in [0.2, 0.25) is 0 Å². The van der Waals surface area contributed by atoms with E-state index in [1.165, 1.54) is 0 Å². The number of hydrogen-bond acceptors (Lipinski definition) is 3. The Morgan fingerprint density at radius 3 is 3.11 bits per heavy atom. The predicted octanol–water partition coefficient (Wildman–Crippen LogP) is 2.47. The average Bonchev–Trinajstić information content (AvgIpc) is 2.83. The Hall–Kier alpha value is -1.36. The van der Waals surface area contributed by atoms with E-state index in [2.05, 4.69) is 15.5 Å². The molecule has 1 heterocycles. The zero-order valence-corrected chi connectivity index (χ0v) is 11.0. The molecule has 0 spiro atoms. The lowest BCUT2D eigenvalue weighted by Gasteiger charge is -2.05. The van der Waals surface area contributed by atoms with Crippen LogP contribution in [0.15, 0.2) is 30.5 Å². The van der Waals surface area contributed by atoms with Crippen LogP contribution in [0.4, 0.5) is 0 Å². The summed E-state index contributed by atoms with van der Waals surface area (Å²) in [6.07, 6.45) is 1.83. The van der Waals surface area contributed by atoms with Crippen molar-refractivity contribution in [2.45, 2.75) is 6.54 Å². The molecule has 0 saturated carbocycles. The number of aromatic nitrogens is 2. The summed E-state index contributed by atoms with van der Waals surface area (Å²) < 4.78 is 4.99. The lowest BCUT2D eigenvalue weighted by Crippen LogP contribution is -2.18. The largest absolute Gasteiger partial charge is 0.383 e. The van der Waals surface area contributed by atoms with Crippen molar-refractivity contribution < 1.29 is 4.74 Å². The van der Waals surface area contributed by atoms with Crippen LogP contribution in [0.2, 0.25) is 5.02 Å². The molecule has 0 bridgehead atoms. The van der Waals surface area contributed by atoms with E-state index >= 15 is 0 Å². The number of methoxy groups -OCH3 is 1. The first kappa shape index (κ1) is 13.1. The van der Waals surface area contributed by atoms with Crippen LogP contribution in [0.3, 0.4) is 0 Å². The van der Waals surface area contributed by atoms with E-state index in [4.69, 9.17) is 16.3 Å². The quantitative estimate of drug-likeness (QED) is 0.789. The second kappa shape index (κ2) is 6.54. The molecule has 0 aliphatic rings. The van der Waals surface area contributed by atoms with Crippen molar-refractivity contribution in [3.63, 3.8) is 0 Å². The first-order valence-electron chi connectivity index (χ1n) is 5.79. The van der Waals surface area contributed by atoms with Gasteiger partial charge in [-0.15, -0.1) is 0 Å². The molecule has 4 nitrogen and oxygen atoms in total. The molecule has 1 aromatic heterocycles. The third-order valence-electron chi connectivity index (χ3n) is 2.63. The molecular weight excluding hydrogens is 250 g/mol. The maximum Gasteiger partial charge on any atom is 0.0695 e. The topological polar surface area (TPSA) is 49.9 Å². The van der Waals surface area contributed by atoms with Gasteiger partial charge in [-0.3, -0.25) is 5.10 Å². The molecule has 0 aliphatic heterocycles. The third-order valence-corrected chi connectivity index (χ3v) is 2.86. The molecule has 0 unspecified atom stereocenters. The SMILES string of the molecule is COCCNCc1cn[nH]c1-c1cccc(Cl)c1. The summed E-state index contributed by atoms with van der Waals surface area (Å²) in [4.78, 5) is 0. The molecule has 0 amide bonds. The monoisotopic (exact) mass is 265 g/mol. The number of hydrogen-bond donors (Lipinski definition) is 2. The number of H-pyrrole nitrogens is 1. The zero-order valence-electron chi connectivity index (χ0n) is 10.2. The van der Waals surface area contributed by atoms with E-state index in [0.29, 0.717) is 6.61 Å². The Balaban J connectivity index is 2.08. The van der Waals surface area contributed by atoms with Gasteiger partial charge >= 0.3 is 0 Å². The van der Waals surface area contributed by atoms with Crippen molar-refractivity contribution in [1.82, 2.24) is 15.5 Å². The molecule has 0 radical (unpaired) electrons. The second-order valence-electron chi connectivity index (χ2n) is 3.95. The molecule has 0 aliphatic carbocycles. The highest BCUT2D eigenvalue weighted by atomic mass is 35.5. The molecule has 0 fully saturated rings. The maximum atomic E-state index is 5.99. The van der Waals surface area contributed by atoms with Gasteiger partial charge in [-0.1, -0.05) is 23.7 Å². The van der Waals surface area contributed by atoms with Crippen LogP contribution in [0, 0.1) is 0 Å². The van der Waals surface area contributed by atoms with Crippen molar-refractivity contribution in [2.24, 2.45) is 0 Å². The van der Waals surface area contributed by atoms with Crippen molar-refractivity contribution in [3.05, 3.63) is 41.0 Å². The Morgan fingerprint density at radius 2 is 2.33 bits per heavy atom. The molecule has 5 heteroatoms. The number of rotatable bonds is 6. The minimum atomic E-state index is 0.699. The van der Waals surface area contributed by atoms with Crippen LogP contribution in [0.1, 0.15) is 5.56 Å². The first-order valence-corrected chi connectivity index (χ1v) is 6.17. The normalized spacial score (nSPS) is 10.8. The number of nitrogens with zero attached hydrogens (tertiary/aromatic N) is 1. The summed E-state index contributed by atoms with van der Waals surface area (Å²) in [7, 11) is 1.69. The highest BCUT2D eigenvalue weighted by molar-refractivity contribution is 6.30. The highest BCUT2D eigenvalue weighted by Crippen LogP contribution is 2.23. The molecule has 2 rings (SSSR count).